The van der Waals surface area contributed by atoms with E-state index in [1.807, 2.05) is 18.7 Å². The van der Waals surface area contributed by atoms with Crippen LogP contribution in [0.5, 0.6) is 0 Å². The van der Waals surface area contributed by atoms with E-state index in [-0.39, 0.29) is 16.4 Å². The van der Waals surface area contributed by atoms with E-state index in [4.69, 9.17) is 11.6 Å². The maximum Gasteiger partial charge on any atom is 0.329 e. The molecule has 0 aromatic carbocycles. The fraction of sp³-hybridized carbons (Fsp3) is 0.667. The van der Waals surface area contributed by atoms with Gasteiger partial charge in [0.25, 0.3) is 5.56 Å². The lowest BCUT2D eigenvalue weighted by atomic mass is 10.0. The van der Waals surface area contributed by atoms with Crippen LogP contribution < -0.4 is 11.2 Å². The molecule has 18 heavy (non-hydrogen) atoms. The van der Waals surface area contributed by atoms with E-state index >= 15 is 0 Å². The number of nitrogens with zero attached hydrogens (tertiary/aromatic N) is 1. The summed E-state index contributed by atoms with van der Waals surface area (Å²) in [5.41, 5.74) is -0.119. The van der Waals surface area contributed by atoms with Crippen LogP contribution in [-0.4, -0.2) is 21.1 Å². The highest BCUT2D eigenvalue weighted by atomic mass is 35.5. The third kappa shape index (κ3) is 2.83. The topological polar surface area (TPSA) is 54.9 Å². The second-order valence-corrected chi connectivity index (χ2v) is 6.15. The van der Waals surface area contributed by atoms with Gasteiger partial charge in [-0.05, 0) is 36.7 Å². The number of hydrogen-bond donors (Lipinski definition) is 1. The van der Waals surface area contributed by atoms with E-state index in [1.165, 1.54) is 4.57 Å². The Morgan fingerprint density at radius 1 is 1.39 bits per heavy atom. The van der Waals surface area contributed by atoms with Crippen LogP contribution in [0.1, 0.15) is 25.3 Å². The Morgan fingerprint density at radius 3 is 2.67 bits per heavy atom. The van der Waals surface area contributed by atoms with Crippen LogP contribution in [0.4, 0.5) is 0 Å². The molecule has 1 aliphatic heterocycles. The van der Waals surface area contributed by atoms with Crippen molar-refractivity contribution in [2.75, 3.05) is 11.5 Å². The first kappa shape index (κ1) is 13.7. The van der Waals surface area contributed by atoms with Crippen LogP contribution in [-0.2, 0) is 13.0 Å². The predicted octanol–water partition coefficient (Wildman–Crippen LogP) is 1.90. The maximum absolute atomic E-state index is 12.2. The fourth-order valence-electron chi connectivity index (χ4n) is 2.25. The van der Waals surface area contributed by atoms with E-state index in [2.05, 4.69) is 4.98 Å². The average molecular weight is 289 g/mol. The van der Waals surface area contributed by atoms with E-state index in [0.717, 1.165) is 24.3 Å². The molecule has 0 aliphatic carbocycles. The Labute approximate surface area is 115 Å². The number of aromatic amines is 1. The molecule has 1 aromatic heterocycles. The van der Waals surface area contributed by atoms with Gasteiger partial charge in [-0.3, -0.25) is 14.3 Å². The first-order chi connectivity index (χ1) is 8.63. The third-order valence-corrected chi connectivity index (χ3v) is 4.74. The van der Waals surface area contributed by atoms with Crippen molar-refractivity contribution in [2.45, 2.75) is 32.7 Å². The number of nitrogens with one attached hydrogen (secondary N) is 1. The molecule has 0 atom stereocenters. The van der Waals surface area contributed by atoms with Crippen molar-refractivity contribution < 1.29 is 0 Å². The lowest BCUT2D eigenvalue weighted by molar-refractivity contribution is 0.399. The molecule has 100 valence electrons. The number of thioether (sulfide) groups is 1. The van der Waals surface area contributed by atoms with E-state index < -0.39 is 0 Å². The zero-order chi connectivity index (χ0) is 13.1. The molecule has 0 unspecified atom stereocenters. The summed E-state index contributed by atoms with van der Waals surface area (Å²) in [6, 6.07) is 0. The molecule has 2 heterocycles. The van der Waals surface area contributed by atoms with Gasteiger partial charge in [0.1, 0.15) is 5.15 Å². The van der Waals surface area contributed by atoms with E-state index in [1.54, 1.807) is 0 Å². The molecular weight excluding hydrogens is 272 g/mol. The molecule has 4 nitrogen and oxygen atoms in total. The third-order valence-electron chi connectivity index (χ3n) is 3.37. The minimum Gasteiger partial charge on any atom is -0.297 e. The number of H-pyrrole nitrogens is 1. The van der Waals surface area contributed by atoms with Crippen molar-refractivity contribution in [2.24, 2.45) is 5.92 Å². The number of hydrogen-bond acceptors (Lipinski definition) is 3. The minimum atomic E-state index is -0.388. The normalized spacial score (nSPS) is 17.0. The highest BCUT2D eigenvalue weighted by molar-refractivity contribution is 7.99. The Bertz CT molecular complexity index is 532. The Hall–Kier alpha value is -0.680. The fourth-order valence-corrected chi connectivity index (χ4v) is 3.74. The second kappa shape index (κ2) is 5.97. The average Bonchev–Trinajstić information content (AvgIpc) is 2.36. The summed E-state index contributed by atoms with van der Waals surface area (Å²) in [4.78, 5) is 26.5. The molecule has 1 fully saturated rings. The van der Waals surface area contributed by atoms with Gasteiger partial charge in [-0.15, -0.1) is 0 Å². The molecule has 1 N–H and O–H groups in total. The van der Waals surface area contributed by atoms with Crippen LogP contribution >= 0.6 is 23.4 Å². The van der Waals surface area contributed by atoms with Gasteiger partial charge in [0.05, 0.1) is 5.56 Å². The largest absolute Gasteiger partial charge is 0.329 e. The van der Waals surface area contributed by atoms with Gasteiger partial charge in [-0.1, -0.05) is 18.5 Å². The van der Waals surface area contributed by atoms with Crippen molar-refractivity contribution >= 4 is 23.4 Å². The van der Waals surface area contributed by atoms with Gasteiger partial charge in [0.2, 0.25) is 0 Å². The lowest BCUT2D eigenvalue weighted by Gasteiger charge is -2.21. The van der Waals surface area contributed by atoms with Crippen molar-refractivity contribution in [1.29, 1.82) is 0 Å². The van der Waals surface area contributed by atoms with Crippen molar-refractivity contribution in [1.82, 2.24) is 9.55 Å². The van der Waals surface area contributed by atoms with Crippen molar-refractivity contribution in [3.63, 3.8) is 0 Å². The summed E-state index contributed by atoms with van der Waals surface area (Å²) in [6.07, 6.45) is 2.68. The van der Waals surface area contributed by atoms with Crippen LogP contribution in [0.3, 0.4) is 0 Å². The standard InChI is InChI=1S/C12H17ClN2O2S/c1-2-9-10(13)14-12(17)15(11(9)16)7-8-3-5-18-6-4-8/h8H,2-7H2,1H3,(H,14,17). The smallest absolute Gasteiger partial charge is 0.297 e. The first-order valence-corrected chi connectivity index (χ1v) is 7.76. The molecule has 0 radical (unpaired) electrons. The zero-order valence-corrected chi connectivity index (χ0v) is 11.9. The van der Waals surface area contributed by atoms with Gasteiger partial charge in [-0.2, -0.15) is 11.8 Å². The quantitative estimate of drug-likeness (QED) is 0.864. The highest BCUT2D eigenvalue weighted by Crippen LogP contribution is 2.23. The monoisotopic (exact) mass is 288 g/mol. The first-order valence-electron chi connectivity index (χ1n) is 6.22. The minimum absolute atomic E-state index is 0.183. The molecule has 6 heteroatoms. The molecule has 0 amide bonds. The van der Waals surface area contributed by atoms with Gasteiger partial charge < -0.3 is 0 Å². The molecule has 2 rings (SSSR count). The van der Waals surface area contributed by atoms with Crippen LogP contribution in [0.15, 0.2) is 9.59 Å². The van der Waals surface area contributed by atoms with Gasteiger partial charge in [-0.25, -0.2) is 4.79 Å². The molecule has 0 spiro atoms. The van der Waals surface area contributed by atoms with Crippen molar-refractivity contribution in [3.8, 4) is 0 Å². The van der Waals surface area contributed by atoms with E-state index in [9.17, 15) is 9.59 Å². The molecule has 1 saturated heterocycles. The van der Waals surface area contributed by atoms with E-state index in [0.29, 0.717) is 24.4 Å². The van der Waals surface area contributed by atoms with Gasteiger partial charge in [0, 0.05) is 6.54 Å². The molecule has 0 bridgehead atoms. The molecule has 1 aromatic rings. The van der Waals surface area contributed by atoms with Gasteiger partial charge >= 0.3 is 5.69 Å². The Kier molecular flexibility index (Phi) is 4.56. The summed E-state index contributed by atoms with van der Waals surface area (Å²) < 4.78 is 1.31. The molecule has 1 aliphatic rings. The second-order valence-electron chi connectivity index (χ2n) is 4.55. The number of halogens is 1. The molecular formula is C12H17ClN2O2S. The maximum atomic E-state index is 12.2. The van der Waals surface area contributed by atoms with Gasteiger partial charge in [0.15, 0.2) is 0 Å². The summed E-state index contributed by atoms with van der Waals surface area (Å²) in [5, 5.41) is 0.183. The number of rotatable bonds is 3. The van der Waals surface area contributed by atoms with Crippen LogP contribution in [0.2, 0.25) is 5.15 Å². The lowest BCUT2D eigenvalue weighted by Crippen LogP contribution is -2.39. The number of aromatic nitrogens is 2. The Morgan fingerprint density at radius 2 is 2.06 bits per heavy atom. The summed E-state index contributed by atoms with van der Waals surface area (Å²) in [5.74, 6) is 2.66. The predicted molar refractivity (Wildman–Crippen MR) is 75.8 cm³/mol. The van der Waals surface area contributed by atoms with Crippen molar-refractivity contribution in [3.05, 3.63) is 31.6 Å². The summed E-state index contributed by atoms with van der Waals surface area (Å²) >= 11 is 7.81. The van der Waals surface area contributed by atoms with Crippen LogP contribution in [0.25, 0.3) is 0 Å². The van der Waals surface area contributed by atoms with Crippen LogP contribution in [0, 0.1) is 5.92 Å². The SMILES string of the molecule is CCc1c(Cl)[nH]c(=O)n(CC2CCSCC2)c1=O. The Balaban J connectivity index is 2.32. The highest BCUT2D eigenvalue weighted by Gasteiger charge is 2.18. The molecule has 0 saturated carbocycles. The summed E-state index contributed by atoms with van der Waals surface area (Å²) in [6.45, 7) is 2.38. The zero-order valence-electron chi connectivity index (χ0n) is 10.4. The summed E-state index contributed by atoms with van der Waals surface area (Å²) in [7, 11) is 0.